The van der Waals surface area contributed by atoms with E-state index >= 15 is 0 Å². The second kappa shape index (κ2) is 6.60. The molecule has 0 aliphatic carbocycles. The Labute approximate surface area is 137 Å². The number of aromatic amines is 1. The molecule has 23 heavy (non-hydrogen) atoms. The molecule has 5 nitrogen and oxygen atoms in total. The zero-order valence-electron chi connectivity index (χ0n) is 14.9. The van der Waals surface area contributed by atoms with E-state index in [1.54, 1.807) is 6.26 Å². The summed E-state index contributed by atoms with van der Waals surface area (Å²) in [6, 6.07) is 3.61. The predicted molar refractivity (Wildman–Crippen MR) is 90.1 cm³/mol. The summed E-state index contributed by atoms with van der Waals surface area (Å²) in [6.45, 7) is 12.3. The Morgan fingerprint density at radius 1 is 1.39 bits per heavy atom. The van der Waals surface area contributed by atoms with Crippen molar-refractivity contribution in [3.63, 3.8) is 0 Å². The topological polar surface area (TPSA) is 70.9 Å². The van der Waals surface area contributed by atoms with Crippen molar-refractivity contribution in [2.24, 2.45) is 5.41 Å². The molecule has 0 bridgehead atoms. The standard InChI is InChI=1S/C18H27N3O2/c1-11(16-12(2)20-21-13(16)3)10-15(22)19-17(18(4,5)6)14-8-7-9-23-14/h7-9,11,17H,10H2,1-6H3,(H,19,22)(H,20,21)/t11-,17+/m0/s1. The van der Waals surface area contributed by atoms with Crippen molar-refractivity contribution in [1.29, 1.82) is 0 Å². The molecule has 0 fully saturated rings. The van der Waals surface area contributed by atoms with Crippen LogP contribution in [0.3, 0.4) is 0 Å². The summed E-state index contributed by atoms with van der Waals surface area (Å²) in [7, 11) is 0. The Kier molecular flexibility index (Phi) is 4.97. The van der Waals surface area contributed by atoms with Gasteiger partial charge in [-0.05, 0) is 42.9 Å². The lowest BCUT2D eigenvalue weighted by atomic mass is 9.85. The summed E-state index contributed by atoms with van der Waals surface area (Å²) in [5.41, 5.74) is 2.99. The van der Waals surface area contributed by atoms with E-state index in [0.29, 0.717) is 6.42 Å². The maximum Gasteiger partial charge on any atom is 0.221 e. The van der Waals surface area contributed by atoms with Gasteiger partial charge in [0.1, 0.15) is 5.76 Å². The first kappa shape index (κ1) is 17.3. The summed E-state index contributed by atoms with van der Waals surface area (Å²) in [4.78, 5) is 12.5. The van der Waals surface area contributed by atoms with E-state index in [2.05, 4.69) is 43.2 Å². The SMILES string of the molecule is Cc1n[nH]c(C)c1[C@@H](C)CC(=O)N[C@H](c1ccco1)C(C)(C)C. The molecule has 1 amide bonds. The number of hydrogen-bond donors (Lipinski definition) is 2. The summed E-state index contributed by atoms with van der Waals surface area (Å²) < 4.78 is 5.51. The van der Waals surface area contributed by atoms with Gasteiger partial charge in [0.15, 0.2) is 0 Å². The third kappa shape index (κ3) is 4.03. The van der Waals surface area contributed by atoms with E-state index in [1.807, 2.05) is 26.0 Å². The highest BCUT2D eigenvalue weighted by Crippen LogP contribution is 2.33. The molecule has 2 aromatic rings. The van der Waals surface area contributed by atoms with Gasteiger partial charge >= 0.3 is 0 Å². The minimum Gasteiger partial charge on any atom is -0.467 e. The molecule has 2 heterocycles. The Hall–Kier alpha value is -2.04. The summed E-state index contributed by atoms with van der Waals surface area (Å²) in [5, 5.41) is 10.3. The molecule has 2 aromatic heterocycles. The van der Waals surface area contributed by atoms with Crippen LogP contribution in [0.25, 0.3) is 0 Å². The first-order valence-corrected chi connectivity index (χ1v) is 8.04. The number of rotatable bonds is 5. The average molecular weight is 317 g/mol. The van der Waals surface area contributed by atoms with Crippen molar-refractivity contribution < 1.29 is 9.21 Å². The lowest BCUT2D eigenvalue weighted by Crippen LogP contribution is -2.36. The number of nitrogens with one attached hydrogen (secondary N) is 2. The minimum atomic E-state index is -0.149. The van der Waals surface area contributed by atoms with Gasteiger partial charge in [-0.15, -0.1) is 0 Å². The zero-order valence-corrected chi connectivity index (χ0v) is 14.9. The van der Waals surface area contributed by atoms with Crippen LogP contribution in [0.4, 0.5) is 0 Å². The number of furan rings is 1. The van der Waals surface area contributed by atoms with E-state index in [0.717, 1.165) is 22.7 Å². The average Bonchev–Trinajstić information content (AvgIpc) is 3.05. The molecule has 0 radical (unpaired) electrons. The van der Waals surface area contributed by atoms with Gasteiger partial charge in [0.05, 0.1) is 18.0 Å². The maximum absolute atomic E-state index is 12.5. The molecule has 0 unspecified atom stereocenters. The Balaban J connectivity index is 2.08. The van der Waals surface area contributed by atoms with Crippen molar-refractivity contribution in [3.8, 4) is 0 Å². The molecule has 126 valence electrons. The molecular weight excluding hydrogens is 290 g/mol. The largest absolute Gasteiger partial charge is 0.467 e. The summed E-state index contributed by atoms with van der Waals surface area (Å²) in [6.07, 6.45) is 2.07. The molecule has 2 rings (SSSR count). The van der Waals surface area contributed by atoms with E-state index in [-0.39, 0.29) is 23.3 Å². The van der Waals surface area contributed by atoms with Crippen molar-refractivity contribution in [2.75, 3.05) is 0 Å². The van der Waals surface area contributed by atoms with Gasteiger partial charge < -0.3 is 9.73 Å². The van der Waals surface area contributed by atoms with Gasteiger partial charge in [0.25, 0.3) is 0 Å². The minimum absolute atomic E-state index is 0.0221. The van der Waals surface area contributed by atoms with Crippen LogP contribution in [0, 0.1) is 19.3 Å². The number of carbonyl (C=O) groups excluding carboxylic acids is 1. The second-order valence-electron chi connectivity index (χ2n) is 7.33. The number of aromatic nitrogens is 2. The molecule has 2 atom stereocenters. The van der Waals surface area contributed by atoms with E-state index < -0.39 is 0 Å². The normalized spacial score (nSPS) is 14.5. The van der Waals surface area contributed by atoms with Crippen molar-refractivity contribution in [3.05, 3.63) is 41.1 Å². The monoisotopic (exact) mass is 317 g/mol. The highest BCUT2D eigenvalue weighted by atomic mass is 16.3. The molecule has 0 aliphatic rings. The van der Waals surface area contributed by atoms with Crippen LogP contribution in [0.2, 0.25) is 0 Å². The Bertz CT molecular complexity index is 631. The van der Waals surface area contributed by atoms with Gasteiger partial charge in [-0.1, -0.05) is 27.7 Å². The molecule has 0 aliphatic heterocycles. The molecular formula is C18H27N3O2. The maximum atomic E-state index is 12.5. The van der Waals surface area contributed by atoms with Gasteiger partial charge in [-0.3, -0.25) is 9.89 Å². The fourth-order valence-corrected chi connectivity index (χ4v) is 3.06. The van der Waals surface area contributed by atoms with Crippen LogP contribution in [0.1, 0.15) is 68.8 Å². The van der Waals surface area contributed by atoms with Gasteiger partial charge in [-0.25, -0.2) is 0 Å². The van der Waals surface area contributed by atoms with E-state index in [9.17, 15) is 4.79 Å². The van der Waals surface area contributed by atoms with Gasteiger partial charge in [0.2, 0.25) is 5.91 Å². The van der Waals surface area contributed by atoms with Crippen molar-refractivity contribution in [2.45, 2.75) is 59.9 Å². The quantitative estimate of drug-likeness (QED) is 0.875. The van der Waals surface area contributed by atoms with Gasteiger partial charge in [0, 0.05) is 12.1 Å². The molecule has 0 saturated carbocycles. The van der Waals surface area contributed by atoms with Crippen LogP contribution in [0.15, 0.2) is 22.8 Å². The van der Waals surface area contributed by atoms with Crippen molar-refractivity contribution in [1.82, 2.24) is 15.5 Å². The van der Waals surface area contributed by atoms with Crippen LogP contribution in [-0.4, -0.2) is 16.1 Å². The molecule has 0 aromatic carbocycles. The lowest BCUT2D eigenvalue weighted by molar-refractivity contribution is -0.123. The zero-order chi connectivity index (χ0) is 17.2. The highest BCUT2D eigenvalue weighted by molar-refractivity contribution is 5.77. The third-order valence-corrected chi connectivity index (χ3v) is 4.17. The van der Waals surface area contributed by atoms with Crippen LogP contribution >= 0.6 is 0 Å². The van der Waals surface area contributed by atoms with E-state index in [1.165, 1.54) is 0 Å². The number of hydrogen-bond acceptors (Lipinski definition) is 3. The van der Waals surface area contributed by atoms with Gasteiger partial charge in [-0.2, -0.15) is 5.10 Å². The highest BCUT2D eigenvalue weighted by Gasteiger charge is 2.30. The van der Waals surface area contributed by atoms with Crippen LogP contribution in [0.5, 0.6) is 0 Å². The van der Waals surface area contributed by atoms with Crippen LogP contribution < -0.4 is 5.32 Å². The fourth-order valence-electron chi connectivity index (χ4n) is 3.06. The first-order valence-electron chi connectivity index (χ1n) is 8.04. The summed E-state index contributed by atoms with van der Waals surface area (Å²) in [5.74, 6) is 0.925. The first-order chi connectivity index (χ1) is 10.7. The number of nitrogens with zero attached hydrogens (tertiary/aromatic N) is 1. The van der Waals surface area contributed by atoms with Crippen LogP contribution in [-0.2, 0) is 4.79 Å². The summed E-state index contributed by atoms with van der Waals surface area (Å²) >= 11 is 0. The Morgan fingerprint density at radius 3 is 2.57 bits per heavy atom. The molecule has 0 saturated heterocycles. The fraction of sp³-hybridized carbons (Fsp3) is 0.556. The van der Waals surface area contributed by atoms with E-state index in [4.69, 9.17) is 4.42 Å². The molecule has 5 heteroatoms. The smallest absolute Gasteiger partial charge is 0.221 e. The number of amides is 1. The second-order valence-corrected chi connectivity index (χ2v) is 7.33. The lowest BCUT2D eigenvalue weighted by Gasteiger charge is -2.30. The predicted octanol–water partition coefficient (Wildman–Crippen LogP) is 4.02. The molecule has 2 N–H and O–H groups in total. The number of carbonyl (C=O) groups is 1. The number of H-pyrrole nitrogens is 1. The van der Waals surface area contributed by atoms with Crippen molar-refractivity contribution >= 4 is 5.91 Å². The number of aryl methyl sites for hydroxylation is 2. The molecule has 0 spiro atoms. The Morgan fingerprint density at radius 2 is 2.09 bits per heavy atom. The third-order valence-electron chi connectivity index (χ3n) is 4.17.